The van der Waals surface area contributed by atoms with Crippen molar-refractivity contribution in [3.8, 4) is 78.8 Å². The fourth-order valence-corrected chi connectivity index (χ4v) is 18.4. The molecule has 0 spiro atoms. The number of aromatic nitrogens is 6. The summed E-state index contributed by atoms with van der Waals surface area (Å²) in [4.78, 5) is 11.2. The smallest absolute Gasteiger partial charge is 0.235 e. The van der Waals surface area contributed by atoms with Crippen molar-refractivity contribution in [3.63, 3.8) is 0 Å². The van der Waals surface area contributed by atoms with Crippen LogP contribution in [0.2, 0.25) is 0 Å². The molecule has 2 aliphatic carbocycles. The molecular formula is C96H64N6. The molecular weight excluding hydrogens is 1240 g/mol. The van der Waals surface area contributed by atoms with E-state index in [2.05, 4.69) is 361 Å². The molecule has 0 aliphatic heterocycles. The molecule has 0 amide bonds. The van der Waals surface area contributed by atoms with Crippen molar-refractivity contribution in [2.24, 2.45) is 0 Å². The first-order chi connectivity index (χ1) is 50.1. The van der Waals surface area contributed by atoms with Crippen LogP contribution in [0.5, 0.6) is 0 Å². The van der Waals surface area contributed by atoms with E-state index in [9.17, 15) is 0 Å². The van der Waals surface area contributed by atoms with Crippen molar-refractivity contribution >= 4 is 109 Å². The van der Waals surface area contributed by atoms with Crippen LogP contribution in [-0.2, 0) is 10.8 Å². The molecule has 5 heterocycles. The zero-order valence-corrected chi connectivity index (χ0v) is 56.7. The minimum absolute atomic E-state index is 0.0993. The van der Waals surface area contributed by atoms with Crippen LogP contribution in [0.1, 0.15) is 49.9 Å². The standard InChI is InChI=1S/C96H64N6/c1-95(2)79-30-14-7-22-64(79)66-43-41-61(55-81(66)95)99-84-33-17-10-25-69(84)75-51-57(37-46-89(75)99)59-39-48-91-77(53-59)71-27-12-19-35-86(71)101(91)88-50-45-73(63-21-5-6-24-68(63)88)93-74-29-9-16-32-83(74)97-94(98-93)102-87-36-20-13-28-72(87)78-54-60(40-49-92(78)102)58-38-47-90-76(52-58)70-26-11-18-34-85(70)100(90)62-42-44-67-65-23-8-15-31-80(65)96(3,4)82(67)56-62/h5-56H,1-4H3. The Morgan fingerprint density at radius 3 is 1.05 bits per heavy atom. The number of rotatable bonds is 7. The van der Waals surface area contributed by atoms with E-state index in [1.807, 2.05) is 0 Å². The molecule has 0 bridgehead atoms. The summed E-state index contributed by atoms with van der Waals surface area (Å²) in [5.41, 5.74) is 30.8. The molecule has 0 radical (unpaired) electrons. The van der Waals surface area contributed by atoms with Crippen LogP contribution in [0.4, 0.5) is 0 Å². The molecule has 0 fully saturated rings. The molecule has 478 valence electrons. The van der Waals surface area contributed by atoms with Gasteiger partial charge in [-0.25, -0.2) is 9.97 Å². The predicted octanol–water partition coefficient (Wildman–Crippen LogP) is 24.8. The summed E-state index contributed by atoms with van der Waals surface area (Å²) in [6.45, 7) is 9.45. The molecule has 6 heteroatoms. The van der Waals surface area contributed by atoms with E-state index >= 15 is 0 Å². The maximum atomic E-state index is 5.72. The molecule has 2 aliphatic rings. The van der Waals surface area contributed by atoms with E-state index in [-0.39, 0.29) is 10.8 Å². The van der Waals surface area contributed by atoms with Crippen molar-refractivity contribution in [2.45, 2.75) is 38.5 Å². The van der Waals surface area contributed by atoms with Gasteiger partial charge in [0.05, 0.1) is 61.0 Å². The topological polar surface area (TPSA) is 45.5 Å². The monoisotopic (exact) mass is 1300 g/mol. The lowest BCUT2D eigenvalue weighted by molar-refractivity contribution is 0.660. The summed E-state index contributed by atoms with van der Waals surface area (Å²) in [6.07, 6.45) is 0. The SMILES string of the molecule is CC1(C)c2ccccc2-c2ccc(-n3c4ccccc4c4cc(-c5ccc6c(c5)c5ccccc5n6-c5nc(-c6ccc(-n7c8ccccc8c8cc(-c9ccc%10c(c9)c9ccccc9n%10-c9ccc%10c(c9)C(C)(C)c9ccccc9-%10)ccc87)c7ccccc67)c6ccccc6n5)ccc43)cc21. The quantitative estimate of drug-likeness (QED) is 0.160. The van der Waals surface area contributed by atoms with E-state index in [4.69, 9.17) is 9.97 Å². The maximum Gasteiger partial charge on any atom is 0.235 e. The zero-order chi connectivity index (χ0) is 67.4. The van der Waals surface area contributed by atoms with Gasteiger partial charge in [0.1, 0.15) is 0 Å². The van der Waals surface area contributed by atoms with Crippen LogP contribution in [0.3, 0.4) is 0 Å². The van der Waals surface area contributed by atoms with Gasteiger partial charge in [0.25, 0.3) is 0 Å². The van der Waals surface area contributed by atoms with E-state index in [1.165, 1.54) is 121 Å². The third-order valence-corrected chi connectivity index (χ3v) is 23.2. The highest BCUT2D eigenvalue weighted by Gasteiger charge is 2.37. The molecule has 0 N–H and O–H groups in total. The lowest BCUT2D eigenvalue weighted by Gasteiger charge is -2.22. The highest BCUT2D eigenvalue weighted by atomic mass is 15.2. The van der Waals surface area contributed by atoms with Crippen molar-refractivity contribution in [2.75, 3.05) is 0 Å². The first-order valence-corrected chi connectivity index (χ1v) is 35.5. The van der Waals surface area contributed by atoms with Gasteiger partial charge < -0.3 is 13.7 Å². The molecule has 5 aromatic heterocycles. The van der Waals surface area contributed by atoms with Gasteiger partial charge in [-0.1, -0.05) is 234 Å². The molecule has 0 saturated carbocycles. The molecule has 20 aromatic rings. The Kier molecular flexibility index (Phi) is 11.7. The normalized spacial score (nSPS) is 13.6. The fourth-order valence-electron chi connectivity index (χ4n) is 18.4. The van der Waals surface area contributed by atoms with Crippen molar-refractivity contribution in [1.29, 1.82) is 0 Å². The molecule has 0 atom stereocenters. The van der Waals surface area contributed by atoms with Gasteiger partial charge in [-0.05, 0) is 181 Å². The minimum atomic E-state index is -0.103. The average molecular weight is 1300 g/mol. The highest BCUT2D eigenvalue weighted by molar-refractivity contribution is 6.17. The number of benzene rings is 15. The van der Waals surface area contributed by atoms with Gasteiger partial charge in [0, 0.05) is 81.6 Å². The summed E-state index contributed by atoms with van der Waals surface area (Å²) < 4.78 is 9.65. The number of nitrogens with zero attached hydrogens (tertiary/aromatic N) is 6. The summed E-state index contributed by atoms with van der Waals surface area (Å²) in [7, 11) is 0. The summed E-state index contributed by atoms with van der Waals surface area (Å²) in [5.74, 6) is 0.627. The van der Waals surface area contributed by atoms with Crippen LogP contribution in [0, 0.1) is 0 Å². The Hall–Kier alpha value is -12.9. The summed E-state index contributed by atoms with van der Waals surface area (Å²) in [5, 5.41) is 12.9. The molecule has 102 heavy (non-hydrogen) atoms. The fraction of sp³-hybridized carbons (Fsp3) is 0.0625. The number of hydrogen-bond donors (Lipinski definition) is 0. The van der Waals surface area contributed by atoms with Gasteiger partial charge >= 0.3 is 0 Å². The van der Waals surface area contributed by atoms with Gasteiger partial charge in [-0.2, -0.15) is 0 Å². The van der Waals surface area contributed by atoms with E-state index in [1.54, 1.807) is 0 Å². The van der Waals surface area contributed by atoms with Crippen molar-refractivity contribution < 1.29 is 0 Å². The molecule has 6 nitrogen and oxygen atoms in total. The third-order valence-electron chi connectivity index (χ3n) is 23.2. The molecule has 22 rings (SSSR count). The molecule has 0 unspecified atom stereocenters. The van der Waals surface area contributed by atoms with E-state index in [0.29, 0.717) is 5.95 Å². The zero-order valence-electron chi connectivity index (χ0n) is 56.7. The van der Waals surface area contributed by atoms with Crippen LogP contribution < -0.4 is 0 Å². The van der Waals surface area contributed by atoms with Crippen molar-refractivity contribution in [1.82, 2.24) is 28.2 Å². The number of hydrogen-bond acceptors (Lipinski definition) is 2. The van der Waals surface area contributed by atoms with E-state index in [0.717, 1.165) is 82.6 Å². The summed E-state index contributed by atoms with van der Waals surface area (Å²) >= 11 is 0. The lowest BCUT2D eigenvalue weighted by atomic mass is 9.82. The Morgan fingerprint density at radius 1 is 0.225 bits per heavy atom. The Balaban J connectivity index is 0.640. The second kappa shape index (κ2) is 20.8. The predicted molar refractivity (Wildman–Crippen MR) is 426 cm³/mol. The van der Waals surface area contributed by atoms with Crippen LogP contribution in [0.15, 0.2) is 315 Å². The van der Waals surface area contributed by atoms with Crippen molar-refractivity contribution in [3.05, 3.63) is 338 Å². The van der Waals surface area contributed by atoms with Gasteiger partial charge in [0.15, 0.2) is 0 Å². The third kappa shape index (κ3) is 7.89. The first-order valence-electron chi connectivity index (χ1n) is 35.5. The lowest BCUT2D eigenvalue weighted by Crippen LogP contribution is -2.15. The highest BCUT2D eigenvalue weighted by Crippen LogP contribution is 2.52. The second-order valence-electron chi connectivity index (χ2n) is 29.2. The molecule has 15 aromatic carbocycles. The van der Waals surface area contributed by atoms with Crippen LogP contribution in [0.25, 0.3) is 188 Å². The maximum absolute atomic E-state index is 5.72. The van der Waals surface area contributed by atoms with Crippen LogP contribution >= 0.6 is 0 Å². The van der Waals surface area contributed by atoms with Crippen LogP contribution in [-0.4, -0.2) is 28.2 Å². The first kappa shape index (κ1) is 57.0. The second-order valence-corrected chi connectivity index (χ2v) is 29.2. The Morgan fingerprint density at radius 2 is 0.569 bits per heavy atom. The molecule has 0 saturated heterocycles. The average Bonchev–Trinajstić information content (AvgIpc) is 1.52. The minimum Gasteiger partial charge on any atom is -0.309 e. The van der Waals surface area contributed by atoms with Gasteiger partial charge in [-0.15, -0.1) is 0 Å². The Labute approximate surface area is 588 Å². The van der Waals surface area contributed by atoms with Gasteiger partial charge in [-0.3, -0.25) is 4.57 Å². The Bertz CT molecular complexity index is 7080. The summed E-state index contributed by atoms with van der Waals surface area (Å²) in [6, 6.07) is 117. The largest absolute Gasteiger partial charge is 0.309 e. The number of fused-ring (bicyclic) bond motifs is 20. The van der Waals surface area contributed by atoms with E-state index < -0.39 is 0 Å². The van der Waals surface area contributed by atoms with Gasteiger partial charge in [0.2, 0.25) is 5.95 Å². The number of para-hydroxylation sites is 5.